The number of hydrogen-bond donors (Lipinski definition) is 2. The fourth-order valence-corrected chi connectivity index (χ4v) is 1.21. The van der Waals surface area contributed by atoms with Crippen LogP contribution in [0.2, 0.25) is 0 Å². The Bertz CT molecular complexity index is 500. The molecule has 0 spiro atoms. The number of nitrogens with one attached hydrogen (secondary N) is 2. The predicted octanol–water partition coefficient (Wildman–Crippen LogP) is 1.97. The molecule has 2 aromatic heterocycles. The van der Waals surface area contributed by atoms with Crippen molar-refractivity contribution < 1.29 is 17.6 Å². The highest BCUT2D eigenvalue weighted by Gasteiger charge is 2.20. The zero-order valence-corrected chi connectivity index (χ0v) is 8.27. The van der Waals surface area contributed by atoms with E-state index >= 15 is 0 Å². The molecule has 0 bridgehead atoms. The summed E-state index contributed by atoms with van der Waals surface area (Å²) in [6, 6.07) is 0. The number of pyridine rings is 1. The van der Waals surface area contributed by atoms with Crippen molar-refractivity contribution in [2.24, 2.45) is 0 Å². The molecule has 0 aliphatic rings. The van der Waals surface area contributed by atoms with E-state index in [2.05, 4.69) is 20.5 Å². The third kappa shape index (κ3) is 2.19. The van der Waals surface area contributed by atoms with Crippen molar-refractivity contribution >= 4 is 5.69 Å². The number of nitrogens with zero attached hydrogens (tertiary/aromatic N) is 2. The van der Waals surface area contributed by atoms with Crippen molar-refractivity contribution in [3.8, 4) is 0 Å². The second kappa shape index (κ2) is 4.40. The van der Waals surface area contributed by atoms with Crippen molar-refractivity contribution in [1.82, 2.24) is 15.2 Å². The Balaban J connectivity index is 2.26. The van der Waals surface area contributed by atoms with Gasteiger partial charge in [0.25, 0.3) is 11.9 Å². The highest BCUT2D eigenvalue weighted by Crippen LogP contribution is 2.22. The van der Waals surface area contributed by atoms with Gasteiger partial charge in [0.2, 0.25) is 11.6 Å². The van der Waals surface area contributed by atoms with E-state index in [9.17, 15) is 17.6 Å². The number of halogens is 4. The minimum absolute atomic E-state index is 0.0345. The molecule has 2 aromatic rings. The van der Waals surface area contributed by atoms with Crippen LogP contribution in [0.15, 0.2) is 12.4 Å². The van der Waals surface area contributed by atoms with Gasteiger partial charge in [-0.05, 0) is 0 Å². The van der Waals surface area contributed by atoms with Gasteiger partial charge in [-0.2, -0.15) is 27.6 Å². The van der Waals surface area contributed by atoms with Crippen LogP contribution in [-0.4, -0.2) is 15.2 Å². The Kier molecular flexibility index (Phi) is 2.94. The largest absolute Gasteiger partial charge is 0.376 e. The molecule has 0 fully saturated rings. The Hall–Kier alpha value is -2.12. The molecule has 0 amide bonds. The van der Waals surface area contributed by atoms with Gasteiger partial charge in [-0.25, -0.2) is 0 Å². The lowest BCUT2D eigenvalue weighted by atomic mass is 10.3. The number of aromatic amines is 1. The van der Waals surface area contributed by atoms with Crippen LogP contribution < -0.4 is 5.32 Å². The van der Waals surface area contributed by atoms with E-state index in [1.165, 1.54) is 12.4 Å². The fraction of sp³-hybridized carbons (Fsp3) is 0.111. The van der Waals surface area contributed by atoms with Crippen LogP contribution in [0, 0.1) is 23.5 Å². The molecule has 0 aromatic carbocycles. The van der Waals surface area contributed by atoms with Crippen molar-refractivity contribution in [3.05, 3.63) is 41.5 Å². The molecule has 8 heteroatoms. The van der Waals surface area contributed by atoms with Crippen molar-refractivity contribution in [2.45, 2.75) is 6.54 Å². The molecule has 0 saturated heterocycles. The zero-order chi connectivity index (χ0) is 12.4. The minimum atomic E-state index is -1.70. The van der Waals surface area contributed by atoms with E-state index in [4.69, 9.17) is 0 Å². The molecule has 17 heavy (non-hydrogen) atoms. The van der Waals surface area contributed by atoms with Crippen LogP contribution in [0.25, 0.3) is 0 Å². The van der Waals surface area contributed by atoms with Crippen LogP contribution in [0.1, 0.15) is 5.56 Å². The van der Waals surface area contributed by atoms with Gasteiger partial charge in [0.1, 0.15) is 5.69 Å². The second-order valence-corrected chi connectivity index (χ2v) is 3.16. The van der Waals surface area contributed by atoms with Crippen LogP contribution in [-0.2, 0) is 6.54 Å². The summed E-state index contributed by atoms with van der Waals surface area (Å²) in [6.45, 7) is -0.0345. The van der Waals surface area contributed by atoms with E-state index in [-0.39, 0.29) is 6.54 Å². The third-order valence-corrected chi connectivity index (χ3v) is 2.02. The van der Waals surface area contributed by atoms with E-state index in [1.54, 1.807) is 0 Å². The third-order valence-electron chi connectivity index (χ3n) is 2.02. The first-order chi connectivity index (χ1) is 8.09. The highest BCUT2D eigenvalue weighted by molar-refractivity contribution is 5.45. The van der Waals surface area contributed by atoms with Gasteiger partial charge < -0.3 is 5.32 Å². The minimum Gasteiger partial charge on any atom is -0.376 e. The van der Waals surface area contributed by atoms with Crippen LogP contribution >= 0.6 is 0 Å². The average molecular weight is 246 g/mol. The van der Waals surface area contributed by atoms with Gasteiger partial charge in [-0.15, -0.1) is 0 Å². The van der Waals surface area contributed by atoms with Crippen molar-refractivity contribution in [2.75, 3.05) is 5.32 Å². The van der Waals surface area contributed by atoms with Crippen LogP contribution in [0.4, 0.5) is 23.2 Å². The Labute approximate surface area is 92.7 Å². The Morgan fingerprint density at radius 2 is 1.76 bits per heavy atom. The zero-order valence-electron chi connectivity index (χ0n) is 8.27. The standard InChI is InChI=1S/C9H6F4N4/c10-5-7(6(11)9(13)17-8(5)12)14-1-4-2-15-16-3-4/h2-3H,1H2,(H,14,17)(H,15,16). The molecule has 0 aliphatic heterocycles. The first-order valence-electron chi connectivity index (χ1n) is 4.51. The summed E-state index contributed by atoms with van der Waals surface area (Å²) in [6.07, 6.45) is 2.87. The van der Waals surface area contributed by atoms with Gasteiger partial charge >= 0.3 is 0 Å². The molecule has 0 saturated carbocycles. The summed E-state index contributed by atoms with van der Waals surface area (Å²) in [4.78, 5) is 2.44. The molecule has 2 rings (SSSR count). The number of rotatable bonds is 3. The molecular formula is C9H6F4N4. The summed E-state index contributed by atoms with van der Waals surface area (Å²) < 4.78 is 51.8. The molecular weight excluding hydrogens is 240 g/mol. The number of H-pyrrole nitrogens is 1. The first-order valence-corrected chi connectivity index (χ1v) is 4.51. The number of aromatic nitrogens is 3. The summed E-state index contributed by atoms with van der Waals surface area (Å²) in [5, 5.41) is 8.32. The smallest absolute Gasteiger partial charge is 0.253 e. The molecule has 90 valence electrons. The van der Waals surface area contributed by atoms with Crippen LogP contribution in [0.5, 0.6) is 0 Å². The molecule has 2 N–H and O–H groups in total. The maximum atomic E-state index is 13.1. The summed E-state index contributed by atoms with van der Waals surface area (Å²) >= 11 is 0. The van der Waals surface area contributed by atoms with Crippen LogP contribution in [0.3, 0.4) is 0 Å². The average Bonchev–Trinajstić information content (AvgIpc) is 2.79. The fourth-order valence-electron chi connectivity index (χ4n) is 1.21. The number of anilines is 1. The predicted molar refractivity (Wildman–Crippen MR) is 50.0 cm³/mol. The maximum Gasteiger partial charge on any atom is 0.253 e. The quantitative estimate of drug-likeness (QED) is 0.643. The van der Waals surface area contributed by atoms with E-state index in [0.717, 1.165) is 0 Å². The molecule has 0 unspecified atom stereocenters. The lowest BCUT2D eigenvalue weighted by molar-refractivity contribution is 0.410. The summed E-state index contributed by atoms with van der Waals surface area (Å²) in [5.41, 5.74) is -0.322. The van der Waals surface area contributed by atoms with Gasteiger partial charge in [-0.1, -0.05) is 0 Å². The maximum absolute atomic E-state index is 13.1. The van der Waals surface area contributed by atoms with Gasteiger partial charge in [0.15, 0.2) is 0 Å². The van der Waals surface area contributed by atoms with E-state index in [1.807, 2.05) is 0 Å². The molecule has 0 atom stereocenters. The SMILES string of the molecule is Fc1nc(F)c(F)c(NCc2cn[nH]c2)c1F. The summed E-state index contributed by atoms with van der Waals surface area (Å²) in [7, 11) is 0. The van der Waals surface area contributed by atoms with Gasteiger partial charge in [0.05, 0.1) is 6.20 Å². The lowest BCUT2D eigenvalue weighted by Gasteiger charge is -2.07. The van der Waals surface area contributed by atoms with Crippen molar-refractivity contribution in [3.63, 3.8) is 0 Å². The molecule has 0 radical (unpaired) electrons. The highest BCUT2D eigenvalue weighted by atomic mass is 19.2. The topological polar surface area (TPSA) is 53.6 Å². The first kappa shape index (κ1) is 11.4. The normalized spacial score (nSPS) is 10.6. The lowest BCUT2D eigenvalue weighted by Crippen LogP contribution is -2.09. The van der Waals surface area contributed by atoms with Gasteiger partial charge in [-0.3, -0.25) is 5.10 Å². The molecule has 2 heterocycles. The van der Waals surface area contributed by atoms with Gasteiger partial charge in [0, 0.05) is 18.3 Å². The Morgan fingerprint density at radius 3 is 2.29 bits per heavy atom. The molecule has 4 nitrogen and oxygen atoms in total. The van der Waals surface area contributed by atoms with E-state index < -0.39 is 29.2 Å². The Morgan fingerprint density at radius 1 is 1.12 bits per heavy atom. The summed E-state index contributed by atoms with van der Waals surface area (Å²) in [5.74, 6) is -6.52. The second-order valence-electron chi connectivity index (χ2n) is 3.16. The number of hydrogen-bond acceptors (Lipinski definition) is 3. The monoisotopic (exact) mass is 246 g/mol. The van der Waals surface area contributed by atoms with E-state index in [0.29, 0.717) is 5.56 Å². The van der Waals surface area contributed by atoms with Crippen molar-refractivity contribution in [1.29, 1.82) is 0 Å². The molecule has 0 aliphatic carbocycles.